The highest BCUT2D eigenvalue weighted by molar-refractivity contribution is 5.97. The number of carbonyl (C=O) groups is 2. The number of carbonyl (C=O) groups excluding carboxylic acids is 1. The molecule has 0 fully saturated rings. The van der Waals surface area contributed by atoms with E-state index in [2.05, 4.69) is 10.4 Å². The largest absolute Gasteiger partial charge is 0.477 e. The molecule has 0 aliphatic carbocycles. The van der Waals surface area contributed by atoms with Crippen LogP contribution in [0.5, 0.6) is 0 Å². The molecule has 128 valence electrons. The first-order valence-electron chi connectivity index (χ1n) is 6.85. The van der Waals surface area contributed by atoms with Gasteiger partial charge in [0.2, 0.25) is 0 Å². The molecule has 1 aromatic carbocycles. The van der Waals surface area contributed by atoms with Gasteiger partial charge in [-0.15, -0.1) is 0 Å². The summed E-state index contributed by atoms with van der Waals surface area (Å²) in [5.41, 5.74) is -1.42. The monoisotopic (exact) mass is 339 g/mol. The van der Waals surface area contributed by atoms with E-state index < -0.39 is 29.3 Å². The van der Waals surface area contributed by atoms with Crippen LogP contribution in [0.25, 0.3) is 5.69 Å². The third-order valence-corrected chi connectivity index (χ3v) is 2.76. The minimum atomic E-state index is -1.38. The number of amides is 1. The van der Waals surface area contributed by atoms with Crippen molar-refractivity contribution in [3.8, 4) is 5.69 Å². The van der Waals surface area contributed by atoms with Crippen LogP contribution >= 0.6 is 0 Å². The summed E-state index contributed by atoms with van der Waals surface area (Å²) in [4.78, 5) is 23.2. The van der Waals surface area contributed by atoms with Crippen LogP contribution in [0.3, 0.4) is 0 Å². The maximum Gasteiger partial charge on any atom is 0.413 e. The van der Waals surface area contributed by atoms with E-state index in [1.54, 1.807) is 20.8 Å². The molecule has 2 N–H and O–H groups in total. The van der Waals surface area contributed by atoms with Crippen molar-refractivity contribution in [2.45, 2.75) is 26.4 Å². The maximum absolute atomic E-state index is 13.9. The Morgan fingerprint density at radius 1 is 1.29 bits per heavy atom. The number of anilines is 1. The molecule has 0 saturated carbocycles. The molecule has 0 spiro atoms. The molecule has 0 aliphatic heterocycles. The molecule has 24 heavy (non-hydrogen) atoms. The van der Waals surface area contributed by atoms with E-state index >= 15 is 0 Å². The first-order valence-corrected chi connectivity index (χ1v) is 6.85. The molecule has 9 heteroatoms. The van der Waals surface area contributed by atoms with Crippen molar-refractivity contribution in [1.29, 1.82) is 0 Å². The van der Waals surface area contributed by atoms with Crippen molar-refractivity contribution in [2.75, 3.05) is 5.32 Å². The second kappa shape index (κ2) is 6.26. The van der Waals surface area contributed by atoms with Gasteiger partial charge in [0.15, 0.2) is 11.6 Å². The Bertz CT molecular complexity index is 797. The normalized spacial score (nSPS) is 11.2. The molecule has 0 unspecified atom stereocenters. The van der Waals surface area contributed by atoms with Crippen LogP contribution in [0.2, 0.25) is 0 Å². The van der Waals surface area contributed by atoms with Gasteiger partial charge >= 0.3 is 12.1 Å². The molecule has 1 aromatic heterocycles. The van der Waals surface area contributed by atoms with Gasteiger partial charge < -0.3 is 9.84 Å². The highest BCUT2D eigenvalue weighted by atomic mass is 19.1. The maximum atomic E-state index is 13.9. The van der Waals surface area contributed by atoms with Gasteiger partial charge in [0.05, 0.1) is 6.20 Å². The van der Waals surface area contributed by atoms with Crippen LogP contribution < -0.4 is 5.32 Å². The Balaban J connectivity index is 2.47. The third-order valence-electron chi connectivity index (χ3n) is 2.76. The zero-order chi connectivity index (χ0) is 18.1. The molecular weight excluding hydrogens is 324 g/mol. The number of carboxylic acid groups (broad SMARTS) is 1. The zero-order valence-electron chi connectivity index (χ0n) is 13.1. The van der Waals surface area contributed by atoms with Crippen molar-refractivity contribution < 1.29 is 28.2 Å². The molecule has 2 aromatic rings. The van der Waals surface area contributed by atoms with Crippen LogP contribution in [-0.4, -0.2) is 32.6 Å². The summed E-state index contributed by atoms with van der Waals surface area (Å²) >= 11 is 0. The van der Waals surface area contributed by atoms with E-state index in [1.807, 2.05) is 0 Å². The molecule has 1 amide bonds. The molecule has 1 heterocycles. The lowest BCUT2D eigenvalue weighted by atomic mass is 10.2. The SMILES string of the molecule is CC(C)(C)OC(=O)Nc1c(C(=O)O)cnn1-c1ccc(F)cc1F. The van der Waals surface area contributed by atoms with E-state index in [4.69, 9.17) is 4.74 Å². The lowest BCUT2D eigenvalue weighted by Gasteiger charge is -2.20. The van der Waals surface area contributed by atoms with Crippen molar-refractivity contribution in [1.82, 2.24) is 9.78 Å². The predicted molar refractivity (Wildman–Crippen MR) is 80.3 cm³/mol. The van der Waals surface area contributed by atoms with Crippen LogP contribution in [0.4, 0.5) is 19.4 Å². The lowest BCUT2D eigenvalue weighted by molar-refractivity contribution is 0.0635. The Labute approximate surface area is 135 Å². The highest BCUT2D eigenvalue weighted by Crippen LogP contribution is 2.23. The standard InChI is InChI=1S/C15H15F2N3O4/c1-15(2,3)24-14(23)19-12-9(13(21)22)7-18-20(12)11-5-4-8(16)6-10(11)17/h4-7H,1-3H3,(H,19,23)(H,21,22). The number of hydrogen-bond acceptors (Lipinski definition) is 4. The summed E-state index contributed by atoms with van der Waals surface area (Å²) in [5.74, 6) is -3.46. The van der Waals surface area contributed by atoms with Crippen LogP contribution in [-0.2, 0) is 4.74 Å². The lowest BCUT2D eigenvalue weighted by Crippen LogP contribution is -2.28. The fraction of sp³-hybridized carbons (Fsp3) is 0.267. The van der Waals surface area contributed by atoms with E-state index in [1.165, 1.54) is 0 Å². The first kappa shape index (κ1) is 17.4. The van der Waals surface area contributed by atoms with Gasteiger partial charge in [-0.25, -0.2) is 23.1 Å². The number of ether oxygens (including phenoxy) is 1. The summed E-state index contributed by atoms with van der Waals surface area (Å²) < 4.78 is 32.9. The Hall–Kier alpha value is -2.97. The van der Waals surface area contributed by atoms with E-state index in [-0.39, 0.29) is 17.1 Å². The van der Waals surface area contributed by atoms with Gasteiger partial charge in [-0.05, 0) is 32.9 Å². The van der Waals surface area contributed by atoms with Gasteiger partial charge in [-0.3, -0.25) is 5.32 Å². The number of aromatic nitrogens is 2. The minimum absolute atomic E-state index is 0.227. The summed E-state index contributed by atoms with van der Waals surface area (Å²) in [5, 5.41) is 15.2. The van der Waals surface area contributed by atoms with Crippen molar-refractivity contribution in [3.05, 3.63) is 41.6 Å². The molecule has 7 nitrogen and oxygen atoms in total. The Morgan fingerprint density at radius 3 is 2.50 bits per heavy atom. The number of benzene rings is 1. The number of aromatic carboxylic acids is 1. The number of carboxylic acids is 1. The zero-order valence-corrected chi connectivity index (χ0v) is 13.1. The molecule has 0 radical (unpaired) electrons. The van der Waals surface area contributed by atoms with Crippen LogP contribution in [0, 0.1) is 11.6 Å². The number of hydrogen-bond donors (Lipinski definition) is 2. The number of nitrogens with zero attached hydrogens (tertiary/aromatic N) is 2. The van der Waals surface area contributed by atoms with Gasteiger partial charge in [0.1, 0.15) is 22.7 Å². The quantitative estimate of drug-likeness (QED) is 0.896. The molecule has 2 rings (SSSR count). The summed E-state index contributed by atoms with van der Waals surface area (Å²) in [7, 11) is 0. The highest BCUT2D eigenvalue weighted by Gasteiger charge is 2.24. The van der Waals surface area contributed by atoms with Gasteiger partial charge in [-0.2, -0.15) is 5.10 Å². The van der Waals surface area contributed by atoms with Crippen molar-refractivity contribution in [3.63, 3.8) is 0 Å². The fourth-order valence-corrected chi connectivity index (χ4v) is 1.86. The van der Waals surface area contributed by atoms with Crippen LogP contribution in [0.1, 0.15) is 31.1 Å². The number of halogens is 2. The topological polar surface area (TPSA) is 93.4 Å². The summed E-state index contributed by atoms with van der Waals surface area (Å²) in [6.45, 7) is 4.88. The predicted octanol–water partition coefficient (Wildman–Crippen LogP) is 3.20. The van der Waals surface area contributed by atoms with Gasteiger partial charge in [-0.1, -0.05) is 0 Å². The summed E-state index contributed by atoms with van der Waals surface area (Å²) in [6, 6.07) is 2.68. The molecule has 0 saturated heterocycles. The fourth-order valence-electron chi connectivity index (χ4n) is 1.86. The van der Waals surface area contributed by atoms with Crippen molar-refractivity contribution in [2.24, 2.45) is 0 Å². The van der Waals surface area contributed by atoms with E-state index in [0.29, 0.717) is 6.07 Å². The number of rotatable bonds is 3. The molecular formula is C15H15F2N3O4. The van der Waals surface area contributed by atoms with E-state index in [0.717, 1.165) is 23.0 Å². The average Bonchev–Trinajstić information content (AvgIpc) is 2.80. The minimum Gasteiger partial charge on any atom is -0.477 e. The second-order valence-electron chi connectivity index (χ2n) is 5.85. The smallest absolute Gasteiger partial charge is 0.413 e. The molecule has 0 aliphatic rings. The van der Waals surface area contributed by atoms with Crippen molar-refractivity contribution >= 4 is 17.9 Å². The third kappa shape index (κ3) is 3.86. The molecule has 0 bridgehead atoms. The van der Waals surface area contributed by atoms with E-state index in [9.17, 15) is 23.5 Å². The second-order valence-corrected chi connectivity index (χ2v) is 5.85. The Morgan fingerprint density at radius 2 is 1.96 bits per heavy atom. The summed E-state index contributed by atoms with van der Waals surface area (Å²) in [6.07, 6.45) is 0.00643. The first-order chi connectivity index (χ1) is 11.1. The molecule has 0 atom stereocenters. The Kier molecular flexibility index (Phi) is 4.54. The van der Waals surface area contributed by atoms with Crippen LogP contribution in [0.15, 0.2) is 24.4 Å². The number of nitrogens with one attached hydrogen (secondary N) is 1. The van der Waals surface area contributed by atoms with Gasteiger partial charge in [0.25, 0.3) is 0 Å². The van der Waals surface area contributed by atoms with Gasteiger partial charge in [0, 0.05) is 6.07 Å². The average molecular weight is 339 g/mol.